The van der Waals surface area contributed by atoms with E-state index in [0.717, 1.165) is 37.8 Å². The van der Waals surface area contributed by atoms with Crippen LogP contribution in [-0.2, 0) is 4.79 Å². The van der Waals surface area contributed by atoms with E-state index in [2.05, 4.69) is 20.5 Å². The zero-order valence-electron chi connectivity index (χ0n) is 15.9. The Labute approximate surface area is 185 Å². The fourth-order valence-electron chi connectivity index (χ4n) is 3.01. The number of carbonyl (C=O) groups excluding carboxylic acids is 1. The number of hydrogen-bond acceptors (Lipinski definition) is 5. The Balaban J connectivity index is 1.76. The van der Waals surface area contributed by atoms with Gasteiger partial charge in [0.15, 0.2) is 11.5 Å². The van der Waals surface area contributed by atoms with Gasteiger partial charge in [-0.15, -0.1) is 13.2 Å². The van der Waals surface area contributed by atoms with Gasteiger partial charge in [-0.25, -0.2) is 4.68 Å². The zero-order chi connectivity index (χ0) is 22.3. The van der Waals surface area contributed by atoms with Crippen LogP contribution in [0.1, 0.15) is 31.4 Å². The molecule has 31 heavy (non-hydrogen) atoms. The van der Waals surface area contributed by atoms with Crippen LogP contribution in [0.2, 0.25) is 10.0 Å². The van der Waals surface area contributed by atoms with Gasteiger partial charge in [0.1, 0.15) is 23.2 Å². The molecule has 7 nitrogen and oxygen atoms in total. The molecule has 1 heterocycles. The number of amides is 1. The van der Waals surface area contributed by atoms with E-state index in [4.69, 9.17) is 23.2 Å². The molecule has 0 unspecified atom stereocenters. The van der Waals surface area contributed by atoms with Crippen molar-refractivity contribution in [1.29, 1.82) is 5.26 Å². The number of halogens is 5. The molecule has 1 aromatic heterocycles. The molecule has 0 aliphatic heterocycles. The van der Waals surface area contributed by atoms with Gasteiger partial charge in [0.25, 0.3) is 0 Å². The predicted octanol–water partition coefficient (Wildman–Crippen LogP) is 5.12. The number of rotatable bonds is 7. The van der Waals surface area contributed by atoms with E-state index < -0.39 is 12.1 Å². The molecule has 2 fully saturated rings. The minimum absolute atomic E-state index is 0.0552. The van der Waals surface area contributed by atoms with Crippen molar-refractivity contribution in [2.75, 3.05) is 17.2 Å². The van der Waals surface area contributed by atoms with Crippen molar-refractivity contribution >= 4 is 40.6 Å². The third-order valence-corrected chi connectivity index (χ3v) is 5.45. The van der Waals surface area contributed by atoms with Crippen LogP contribution in [0.25, 0.3) is 5.69 Å². The van der Waals surface area contributed by atoms with Crippen LogP contribution in [0, 0.1) is 23.2 Å². The Kier molecular flexibility index (Phi) is 5.66. The highest BCUT2D eigenvalue weighted by Crippen LogP contribution is 2.40. The lowest BCUT2D eigenvalue weighted by atomic mass is 10.2. The third kappa shape index (κ3) is 4.99. The monoisotopic (exact) mass is 473 g/mol. The van der Waals surface area contributed by atoms with Gasteiger partial charge < -0.3 is 15.4 Å². The molecule has 2 aliphatic rings. The third-order valence-electron chi connectivity index (χ3n) is 4.88. The van der Waals surface area contributed by atoms with E-state index >= 15 is 0 Å². The van der Waals surface area contributed by atoms with Gasteiger partial charge in [-0.2, -0.15) is 10.4 Å². The van der Waals surface area contributed by atoms with Crippen molar-refractivity contribution in [3.63, 3.8) is 0 Å². The second kappa shape index (κ2) is 8.13. The molecule has 2 aromatic rings. The minimum atomic E-state index is -4.91. The first-order valence-corrected chi connectivity index (χ1v) is 10.2. The highest BCUT2D eigenvalue weighted by molar-refractivity contribution is 6.38. The van der Waals surface area contributed by atoms with Crippen LogP contribution in [-0.4, -0.2) is 28.6 Å². The standard InChI is InChI=1S/C19H16Cl2F3N5O2/c20-12-5-11(31-19(22,23)24)6-13(21)16(12)29-17(26-8-9-1-2-9)15(14(7-25)28-29)27-18(30)10-3-4-10/h5-6,9-10,26H,1-4,8H2,(H,27,30). The van der Waals surface area contributed by atoms with Gasteiger partial charge >= 0.3 is 6.36 Å². The summed E-state index contributed by atoms with van der Waals surface area (Å²) in [4.78, 5) is 12.3. The lowest BCUT2D eigenvalue weighted by molar-refractivity contribution is -0.274. The molecule has 0 bridgehead atoms. The lowest BCUT2D eigenvalue weighted by Crippen LogP contribution is -2.17. The smallest absolute Gasteiger partial charge is 0.406 e. The summed E-state index contributed by atoms with van der Waals surface area (Å²) in [6, 6.07) is 3.84. The van der Waals surface area contributed by atoms with Crippen LogP contribution < -0.4 is 15.4 Å². The number of benzene rings is 1. The molecule has 2 aliphatic carbocycles. The maximum atomic E-state index is 12.6. The van der Waals surface area contributed by atoms with E-state index in [-0.39, 0.29) is 44.8 Å². The van der Waals surface area contributed by atoms with Crippen molar-refractivity contribution in [1.82, 2.24) is 9.78 Å². The summed E-state index contributed by atoms with van der Waals surface area (Å²) in [5.74, 6) is -0.206. The summed E-state index contributed by atoms with van der Waals surface area (Å²) < 4.78 is 42.8. The van der Waals surface area contributed by atoms with Crippen molar-refractivity contribution in [2.24, 2.45) is 11.8 Å². The summed E-state index contributed by atoms with van der Waals surface area (Å²) in [7, 11) is 0. The van der Waals surface area contributed by atoms with E-state index in [1.807, 2.05) is 6.07 Å². The second-order valence-corrected chi connectivity index (χ2v) is 8.28. The molecule has 1 aromatic carbocycles. The van der Waals surface area contributed by atoms with Crippen molar-refractivity contribution in [2.45, 2.75) is 32.0 Å². The summed E-state index contributed by atoms with van der Waals surface area (Å²) in [5, 5.41) is 19.3. The number of aromatic nitrogens is 2. The van der Waals surface area contributed by atoms with Crippen molar-refractivity contribution in [3.8, 4) is 17.5 Å². The normalized spacial score (nSPS) is 16.0. The number of anilines is 2. The summed E-state index contributed by atoms with van der Waals surface area (Å²) in [6.45, 7) is 0.563. The molecule has 2 N–H and O–H groups in total. The first-order valence-electron chi connectivity index (χ1n) is 9.49. The number of nitriles is 1. The van der Waals surface area contributed by atoms with Gasteiger partial charge in [0.05, 0.1) is 10.0 Å². The number of nitrogens with zero attached hydrogens (tertiary/aromatic N) is 3. The summed E-state index contributed by atoms with van der Waals surface area (Å²) in [6.07, 6.45) is -1.29. The number of hydrogen-bond donors (Lipinski definition) is 2. The zero-order valence-corrected chi connectivity index (χ0v) is 17.4. The molecular formula is C19H16Cl2F3N5O2. The molecule has 4 rings (SSSR count). The largest absolute Gasteiger partial charge is 0.573 e. The lowest BCUT2D eigenvalue weighted by Gasteiger charge is -2.16. The fraction of sp³-hybridized carbons (Fsp3) is 0.421. The number of alkyl halides is 3. The Morgan fingerprint density at radius 1 is 1.26 bits per heavy atom. The molecule has 0 atom stereocenters. The SMILES string of the molecule is N#Cc1nn(-c2c(Cl)cc(OC(F)(F)F)cc2Cl)c(NCC2CC2)c1NC(=O)C1CC1. The Morgan fingerprint density at radius 2 is 1.90 bits per heavy atom. The van der Waals surface area contributed by atoms with Gasteiger partial charge in [0.2, 0.25) is 5.91 Å². The summed E-state index contributed by atoms with van der Waals surface area (Å²) in [5.41, 5.74) is 0.164. The van der Waals surface area contributed by atoms with Crippen LogP contribution in [0.3, 0.4) is 0 Å². The van der Waals surface area contributed by atoms with E-state index in [0.29, 0.717) is 12.5 Å². The fourth-order valence-corrected chi connectivity index (χ4v) is 3.64. The molecule has 0 spiro atoms. The minimum Gasteiger partial charge on any atom is -0.406 e. The van der Waals surface area contributed by atoms with Gasteiger partial charge in [-0.05, 0) is 31.6 Å². The first-order chi connectivity index (χ1) is 14.7. The van der Waals surface area contributed by atoms with Gasteiger partial charge in [-0.1, -0.05) is 23.2 Å². The molecule has 1 amide bonds. The molecule has 12 heteroatoms. The van der Waals surface area contributed by atoms with Crippen LogP contribution >= 0.6 is 23.2 Å². The predicted molar refractivity (Wildman–Crippen MR) is 108 cm³/mol. The summed E-state index contributed by atoms with van der Waals surface area (Å²) >= 11 is 12.5. The first kappa shape index (κ1) is 21.6. The van der Waals surface area contributed by atoms with Crippen LogP contribution in [0.5, 0.6) is 5.75 Å². The van der Waals surface area contributed by atoms with E-state index in [1.54, 1.807) is 0 Å². The highest BCUT2D eigenvalue weighted by Gasteiger charge is 2.34. The molecule has 2 saturated carbocycles. The van der Waals surface area contributed by atoms with E-state index in [1.165, 1.54) is 4.68 Å². The van der Waals surface area contributed by atoms with E-state index in [9.17, 15) is 23.2 Å². The van der Waals surface area contributed by atoms with Gasteiger partial charge in [0, 0.05) is 24.6 Å². The van der Waals surface area contributed by atoms with Crippen molar-refractivity contribution in [3.05, 3.63) is 27.9 Å². The Morgan fingerprint density at radius 3 is 2.42 bits per heavy atom. The maximum Gasteiger partial charge on any atom is 0.573 e. The number of carbonyl (C=O) groups is 1. The number of ether oxygens (including phenoxy) is 1. The molecular weight excluding hydrogens is 458 g/mol. The molecule has 0 radical (unpaired) electrons. The Bertz CT molecular complexity index is 1050. The van der Waals surface area contributed by atoms with Crippen molar-refractivity contribution < 1.29 is 22.7 Å². The molecule has 164 valence electrons. The topological polar surface area (TPSA) is 92.0 Å². The van der Waals surface area contributed by atoms with Crippen LogP contribution in [0.4, 0.5) is 24.7 Å². The second-order valence-electron chi connectivity index (χ2n) is 7.47. The maximum absolute atomic E-state index is 12.6. The average molecular weight is 474 g/mol. The Hall–Kier alpha value is -2.64. The quantitative estimate of drug-likeness (QED) is 0.582. The van der Waals surface area contributed by atoms with Crippen LogP contribution in [0.15, 0.2) is 12.1 Å². The molecule has 0 saturated heterocycles. The number of nitrogens with one attached hydrogen (secondary N) is 2. The van der Waals surface area contributed by atoms with Gasteiger partial charge in [-0.3, -0.25) is 4.79 Å². The average Bonchev–Trinajstić information content (AvgIpc) is 3.57. The highest BCUT2D eigenvalue weighted by atomic mass is 35.5.